The van der Waals surface area contributed by atoms with Crippen LogP contribution >= 0.6 is 23.4 Å². The molecule has 4 rings (SSSR count). The molecular weight excluding hydrogens is 418 g/mol. The zero-order valence-corrected chi connectivity index (χ0v) is 16.6. The van der Waals surface area contributed by atoms with E-state index in [2.05, 4.69) is 10.1 Å². The van der Waals surface area contributed by atoms with E-state index in [1.54, 1.807) is 6.07 Å². The number of nitrogens with zero attached hydrogens (tertiary/aromatic N) is 4. The molecule has 2 heterocycles. The molecule has 3 aromatic rings. The van der Waals surface area contributed by atoms with E-state index in [9.17, 15) is 8.78 Å². The van der Waals surface area contributed by atoms with Crippen molar-refractivity contribution >= 4 is 23.4 Å². The molecule has 148 valence electrons. The summed E-state index contributed by atoms with van der Waals surface area (Å²) in [5, 5.41) is 16.1. The molecule has 1 saturated heterocycles. The number of ether oxygens (including phenoxy) is 1. The van der Waals surface area contributed by atoms with E-state index in [-0.39, 0.29) is 18.0 Å². The largest absolute Gasteiger partial charge is 0.368 e. The number of aromatic nitrogens is 3. The molecular formula is C20H15ClF2N4OS. The lowest BCUT2D eigenvalue weighted by Crippen LogP contribution is -2.38. The lowest BCUT2D eigenvalue weighted by atomic mass is 9.77. The predicted molar refractivity (Wildman–Crippen MR) is 104 cm³/mol. The average Bonchev–Trinajstić information content (AvgIpc) is 3.30. The fourth-order valence-electron chi connectivity index (χ4n) is 3.90. The Morgan fingerprint density at radius 2 is 2.14 bits per heavy atom. The molecule has 5 nitrogen and oxygen atoms in total. The van der Waals surface area contributed by atoms with E-state index >= 15 is 0 Å². The highest BCUT2D eigenvalue weighted by Crippen LogP contribution is 2.50. The Balaban J connectivity index is 1.88. The summed E-state index contributed by atoms with van der Waals surface area (Å²) in [4.78, 5) is 4.08. The fourth-order valence-corrected chi connectivity index (χ4v) is 4.57. The van der Waals surface area contributed by atoms with Crippen LogP contribution in [0.5, 0.6) is 0 Å². The first-order chi connectivity index (χ1) is 14.0. The van der Waals surface area contributed by atoms with Crippen LogP contribution in [0, 0.1) is 22.3 Å². The van der Waals surface area contributed by atoms with Gasteiger partial charge in [0.2, 0.25) is 5.16 Å². The van der Waals surface area contributed by atoms with Crippen molar-refractivity contribution in [1.82, 2.24) is 14.8 Å². The molecule has 2 atom stereocenters. The van der Waals surface area contributed by atoms with E-state index in [1.165, 1.54) is 23.1 Å². The molecule has 0 amide bonds. The van der Waals surface area contributed by atoms with Crippen LogP contribution in [-0.2, 0) is 16.9 Å². The Kier molecular flexibility index (Phi) is 5.54. The molecule has 0 spiro atoms. The van der Waals surface area contributed by atoms with Crippen molar-refractivity contribution in [3.05, 3.63) is 76.6 Å². The summed E-state index contributed by atoms with van der Waals surface area (Å²) in [5.41, 5.74) is -0.170. The number of thioether (sulfide) groups is 1. The van der Waals surface area contributed by atoms with Gasteiger partial charge in [-0.2, -0.15) is 10.4 Å². The van der Waals surface area contributed by atoms with E-state index in [4.69, 9.17) is 21.6 Å². The highest BCUT2D eigenvalue weighted by Gasteiger charge is 2.49. The van der Waals surface area contributed by atoms with Crippen molar-refractivity contribution in [2.24, 2.45) is 0 Å². The van der Waals surface area contributed by atoms with Gasteiger partial charge in [0.05, 0.1) is 6.54 Å². The molecule has 1 aliphatic rings. The maximum Gasteiger partial charge on any atom is 0.200 e. The fraction of sp³-hybridized carbons (Fsp3) is 0.250. The molecule has 0 radical (unpaired) electrons. The van der Waals surface area contributed by atoms with Gasteiger partial charge < -0.3 is 4.74 Å². The first-order valence-corrected chi connectivity index (χ1v) is 10.0. The van der Waals surface area contributed by atoms with Gasteiger partial charge in [-0.15, -0.1) is 0 Å². The number of rotatable bonds is 5. The number of halogens is 3. The number of benzene rings is 2. The second kappa shape index (κ2) is 8.11. The number of nitriles is 1. The van der Waals surface area contributed by atoms with Crippen LogP contribution in [0.1, 0.15) is 23.5 Å². The summed E-state index contributed by atoms with van der Waals surface area (Å²) in [5.74, 6) is -1.69. The summed E-state index contributed by atoms with van der Waals surface area (Å²) in [7, 11) is 0. The lowest BCUT2D eigenvalue weighted by molar-refractivity contribution is -0.0318. The minimum atomic E-state index is -1.19. The van der Waals surface area contributed by atoms with Gasteiger partial charge in [0.15, 0.2) is 0 Å². The van der Waals surface area contributed by atoms with Crippen molar-refractivity contribution in [3.8, 4) is 5.40 Å². The van der Waals surface area contributed by atoms with E-state index in [0.29, 0.717) is 23.2 Å². The van der Waals surface area contributed by atoms with Crippen molar-refractivity contribution in [2.45, 2.75) is 29.6 Å². The minimum absolute atomic E-state index is 0.0927. The van der Waals surface area contributed by atoms with Crippen LogP contribution in [-0.4, -0.2) is 21.4 Å². The third-order valence-corrected chi connectivity index (χ3v) is 6.03. The molecule has 0 bridgehead atoms. The Morgan fingerprint density at radius 3 is 2.90 bits per heavy atom. The van der Waals surface area contributed by atoms with Gasteiger partial charge in [0.1, 0.15) is 29.0 Å². The van der Waals surface area contributed by atoms with Crippen LogP contribution in [0.2, 0.25) is 5.02 Å². The van der Waals surface area contributed by atoms with Gasteiger partial charge in [-0.05, 0) is 24.1 Å². The third kappa shape index (κ3) is 3.62. The molecule has 0 aliphatic carbocycles. The topological polar surface area (TPSA) is 63.7 Å². The summed E-state index contributed by atoms with van der Waals surface area (Å²) in [6.45, 7) is 0.456. The van der Waals surface area contributed by atoms with E-state index in [0.717, 1.165) is 23.4 Å². The summed E-state index contributed by atoms with van der Waals surface area (Å²) in [6.07, 6.45) is 1.92. The van der Waals surface area contributed by atoms with E-state index < -0.39 is 17.2 Å². The molecule has 1 aliphatic heterocycles. The molecule has 0 unspecified atom stereocenters. The molecule has 2 aromatic carbocycles. The van der Waals surface area contributed by atoms with Gasteiger partial charge >= 0.3 is 0 Å². The Morgan fingerprint density at radius 1 is 1.31 bits per heavy atom. The molecule has 1 aromatic heterocycles. The normalized spacial score (nSPS) is 21.2. The van der Waals surface area contributed by atoms with Crippen LogP contribution in [0.3, 0.4) is 0 Å². The van der Waals surface area contributed by atoms with Crippen LogP contribution in [0.4, 0.5) is 8.78 Å². The first kappa shape index (κ1) is 19.8. The lowest BCUT2D eigenvalue weighted by Gasteiger charge is -2.36. The van der Waals surface area contributed by atoms with Gasteiger partial charge in [0.25, 0.3) is 0 Å². The Labute approximate surface area is 175 Å². The highest BCUT2D eigenvalue weighted by atomic mass is 35.5. The standard InChI is InChI=1S/C20H15ClF2N4OS/c21-17-4-2-1-3-14(17)15-7-8-28-20(15,16-6-5-13(22)9-18(16)23)10-27-19(29-11-24)25-12-26-27/h1-6,9,12,15H,7-8,10H2/t15-,20-/m1/s1. The maximum atomic E-state index is 15.0. The quantitative estimate of drug-likeness (QED) is 0.424. The molecule has 1 fully saturated rings. The zero-order valence-electron chi connectivity index (χ0n) is 15.1. The van der Waals surface area contributed by atoms with Gasteiger partial charge in [-0.1, -0.05) is 35.9 Å². The molecule has 0 N–H and O–H groups in total. The third-order valence-electron chi connectivity index (χ3n) is 5.10. The predicted octanol–water partition coefficient (Wildman–Crippen LogP) is 4.88. The highest BCUT2D eigenvalue weighted by molar-refractivity contribution is 8.03. The van der Waals surface area contributed by atoms with Crippen LogP contribution in [0.25, 0.3) is 0 Å². The SMILES string of the molecule is N#CSc1ncnn1C[C@@]1(c2ccc(F)cc2F)OCC[C@@H]1c1ccccc1Cl. The molecule has 29 heavy (non-hydrogen) atoms. The minimum Gasteiger partial charge on any atom is -0.368 e. The Bertz CT molecular complexity index is 1090. The summed E-state index contributed by atoms with van der Waals surface area (Å²) >= 11 is 7.31. The van der Waals surface area contributed by atoms with Crippen molar-refractivity contribution < 1.29 is 13.5 Å². The summed E-state index contributed by atoms with van der Waals surface area (Å²) < 4.78 is 36.3. The van der Waals surface area contributed by atoms with Gasteiger partial charge in [-0.25, -0.2) is 18.4 Å². The smallest absolute Gasteiger partial charge is 0.200 e. The number of thiocyanates is 1. The van der Waals surface area contributed by atoms with Crippen molar-refractivity contribution in [2.75, 3.05) is 6.61 Å². The molecule has 9 heteroatoms. The van der Waals surface area contributed by atoms with Crippen molar-refractivity contribution in [1.29, 1.82) is 5.26 Å². The average molecular weight is 433 g/mol. The number of hydrogen-bond acceptors (Lipinski definition) is 5. The van der Waals surface area contributed by atoms with Crippen molar-refractivity contribution in [3.63, 3.8) is 0 Å². The summed E-state index contributed by atoms with van der Waals surface area (Å²) in [6, 6.07) is 10.8. The van der Waals surface area contributed by atoms with Crippen LogP contribution in [0.15, 0.2) is 53.9 Å². The van der Waals surface area contributed by atoms with Crippen LogP contribution < -0.4 is 0 Å². The number of hydrogen-bond donors (Lipinski definition) is 0. The first-order valence-electron chi connectivity index (χ1n) is 8.83. The second-order valence-corrected chi connectivity index (χ2v) is 7.78. The van der Waals surface area contributed by atoms with E-state index in [1.807, 2.05) is 23.6 Å². The molecule has 0 saturated carbocycles. The van der Waals surface area contributed by atoms with Gasteiger partial charge in [0, 0.05) is 40.9 Å². The second-order valence-electron chi connectivity index (χ2n) is 6.62. The zero-order chi connectivity index (χ0) is 20.4. The maximum absolute atomic E-state index is 15.0. The van der Waals surface area contributed by atoms with Gasteiger partial charge in [-0.3, -0.25) is 0 Å². The Hall–Kier alpha value is -2.47. The monoisotopic (exact) mass is 432 g/mol.